The normalized spacial score (nSPS) is 22.3. The lowest BCUT2D eigenvalue weighted by molar-refractivity contribution is 0.0594. The molecule has 0 amide bonds. The van der Waals surface area contributed by atoms with Crippen molar-refractivity contribution in [3.8, 4) is 0 Å². The van der Waals surface area contributed by atoms with Crippen molar-refractivity contribution in [1.29, 1.82) is 0 Å². The van der Waals surface area contributed by atoms with Gasteiger partial charge < -0.3 is 15.8 Å². The van der Waals surface area contributed by atoms with Gasteiger partial charge in [-0.05, 0) is 31.4 Å². The van der Waals surface area contributed by atoms with Gasteiger partial charge >= 0.3 is 5.97 Å². The molecule has 2 rings (SSSR count). The summed E-state index contributed by atoms with van der Waals surface area (Å²) in [5.41, 5.74) is 5.47. The predicted molar refractivity (Wildman–Crippen MR) is 66.9 cm³/mol. The van der Waals surface area contributed by atoms with Crippen molar-refractivity contribution in [1.82, 2.24) is 0 Å². The van der Waals surface area contributed by atoms with Crippen LogP contribution in [0.3, 0.4) is 0 Å². The molecule has 1 aliphatic carbocycles. The monoisotopic (exact) mass is 270 g/mol. The Morgan fingerprint density at radius 2 is 2.11 bits per heavy atom. The molecule has 1 aromatic rings. The summed E-state index contributed by atoms with van der Waals surface area (Å²) >= 11 is 0. The Bertz CT molecular complexity index is 494. The second kappa shape index (κ2) is 5.52. The molecule has 104 valence electrons. The summed E-state index contributed by atoms with van der Waals surface area (Å²) in [4.78, 5) is 11.2. The van der Waals surface area contributed by atoms with Crippen LogP contribution in [-0.2, 0) is 4.74 Å². The Morgan fingerprint density at radius 3 is 2.68 bits per heavy atom. The maximum atomic E-state index is 13.9. The molecule has 2 atom stereocenters. The highest BCUT2D eigenvalue weighted by Gasteiger charge is 2.26. The van der Waals surface area contributed by atoms with Gasteiger partial charge in [-0.2, -0.15) is 0 Å². The number of ether oxygens (including phenoxy) is 1. The lowest BCUT2D eigenvalue weighted by Crippen LogP contribution is -2.35. The van der Waals surface area contributed by atoms with Gasteiger partial charge in [0.2, 0.25) is 0 Å². The third-order valence-corrected chi connectivity index (χ3v) is 3.40. The summed E-state index contributed by atoms with van der Waals surface area (Å²) in [7, 11) is 1.11. The van der Waals surface area contributed by atoms with Crippen LogP contribution in [0.2, 0.25) is 0 Å². The van der Waals surface area contributed by atoms with E-state index in [2.05, 4.69) is 10.1 Å². The number of esters is 1. The number of methoxy groups -OCH3 is 1. The van der Waals surface area contributed by atoms with Crippen LogP contribution in [0.4, 0.5) is 14.5 Å². The molecule has 1 aliphatic rings. The maximum absolute atomic E-state index is 13.9. The topological polar surface area (TPSA) is 64.3 Å². The van der Waals surface area contributed by atoms with Gasteiger partial charge in [-0.1, -0.05) is 0 Å². The third kappa shape index (κ3) is 2.68. The molecule has 0 aromatic heterocycles. The number of carbonyl (C=O) groups is 1. The molecule has 0 saturated heterocycles. The zero-order valence-corrected chi connectivity index (χ0v) is 10.6. The maximum Gasteiger partial charge on any atom is 0.340 e. The number of benzene rings is 1. The zero-order valence-electron chi connectivity index (χ0n) is 10.6. The average molecular weight is 270 g/mol. The van der Waals surface area contributed by atoms with E-state index in [1.165, 1.54) is 12.1 Å². The van der Waals surface area contributed by atoms with Crippen molar-refractivity contribution < 1.29 is 18.3 Å². The van der Waals surface area contributed by atoms with Crippen molar-refractivity contribution in [2.24, 2.45) is 5.73 Å². The fraction of sp³-hybridized carbons (Fsp3) is 0.462. The van der Waals surface area contributed by atoms with Crippen LogP contribution in [0.5, 0.6) is 0 Å². The highest BCUT2D eigenvalue weighted by atomic mass is 19.2. The van der Waals surface area contributed by atoms with E-state index in [1.807, 2.05) is 0 Å². The van der Waals surface area contributed by atoms with E-state index in [0.29, 0.717) is 0 Å². The van der Waals surface area contributed by atoms with Gasteiger partial charge in [-0.25, -0.2) is 13.6 Å². The first-order valence-electron chi connectivity index (χ1n) is 6.13. The van der Waals surface area contributed by atoms with Crippen LogP contribution >= 0.6 is 0 Å². The van der Waals surface area contributed by atoms with Crippen LogP contribution in [-0.4, -0.2) is 25.2 Å². The number of rotatable bonds is 3. The number of anilines is 1. The Labute approximate surface area is 109 Å². The van der Waals surface area contributed by atoms with E-state index in [0.717, 1.165) is 26.4 Å². The zero-order chi connectivity index (χ0) is 14.0. The van der Waals surface area contributed by atoms with E-state index >= 15 is 0 Å². The molecular formula is C13H16F2N2O2. The second-order valence-electron chi connectivity index (χ2n) is 4.63. The van der Waals surface area contributed by atoms with Crippen molar-refractivity contribution in [3.05, 3.63) is 29.3 Å². The quantitative estimate of drug-likeness (QED) is 0.825. The van der Waals surface area contributed by atoms with E-state index in [9.17, 15) is 13.6 Å². The van der Waals surface area contributed by atoms with Gasteiger partial charge in [0.05, 0.1) is 18.4 Å². The third-order valence-electron chi connectivity index (χ3n) is 3.40. The fourth-order valence-corrected chi connectivity index (χ4v) is 2.30. The van der Waals surface area contributed by atoms with Crippen molar-refractivity contribution in [2.45, 2.75) is 31.3 Å². The molecule has 1 aromatic carbocycles. The first-order valence-corrected chi connectivity index (χ1v) is 6.13. The molecule has 1 fully saturated rings. The molecule has 0 bridgehead atoms. The molecule has 3 N–H and O–H groups in total. The summed E-state index contributed by atoms with van der Waals surface area (Å²) < 4.78 is 32.0. The van der Waals surface area contributed by atoms with Gasteiger partial charge in [0, 0.05) is 12.1 Å². The first kappa shape index (κ1) is 13.7. The number of hydrogen-bond donors (Lipinski definition) is 2. The fourth-order valence-electron chi connectivity index (χ4n) is 2.30. The minimum absolute atomic E-state index is 0.0208. The Balaban J connectivity index is 2.23. The highest BCUT2D eigenvalue weighted by molar-refractivity contribution is 5.90. The SMILES string of the molecule is COC(=O)c1ccc(NC2CCCC2N)c(F)c1F. The summed E-state index contributed by atoms with van der Waals surface area (Å²) in [6.07, 6.45) is 2.65. The second-order valence-corrected chi connectivity index (χ2v) is 4.63. The average Bonchev–Trinajstić information content (AvgIpc) is 2.80. The molecule has 6 heteroatoms. The molecule has 0 heterocycles. The Kier molecular flexibility index (Phi) is 3.99. The van der Waals surface area contributed by atoms with Crippen LogP contribution in [0.15, 0.2) is 12.1 Å². The van der Waals surface area contributed by atoms with Gasteiger partial charge in [0.25, 0.3) is 0 Å². The smallest absolute Gasteiger partial charge is 0.340 e. The van der Waals surface area contributed by atoms with Crippen LogP contribution < -0.4 is 11.1 Å². The molecule has 0 radical (unpaired) electrons. The number of nitrogens with one attached hydrogen (secondary N) is 1. The summed E-state index contributed by atoms with van der Waals surface area (Å²) in [6, 6.07) is 2.39. The molecule has 19 heavy (non-hydrogen) atoms. The van der Waals surface area contributed by atoms with Crippen LogP contribution in [0.1, 0.15) is 29.6 Å². The summed E-state index contributed by atoms with van der Waals surface area (Å²) in [6.45, 7) is 0. The summed E-state index contributed by atoms with van der Waals surface area (Å²) in [5, 5.41) is 2.89. The number of nitrogens with two attached hydrogens (primary N) is 1. The van der Waals surface area contributed by atoms with Crippen LogP contribution in [0, 0.1) is 11.6 Å². The predicted octanol–water partition coefficient (Wildman–Crippen LogP) is 2.04. The molecule has 0 aliphatic heterocycles. The van der Waals surface area contributed by atoms with Crippen molar-refractivity contribution in [2.75, 3.05) is 12.4 Å². The number of halogens is 2. The number of hydrogen-bond acceptors (Lipinski definition) is 4. The van der Waals surface area contributed by atoms with Crippen LogP contribution in [0.25, 0.3) is 0 Å². The Hall–Kier alpha value is -1.69. The van der Waals surface area contributed by atoms with Gasteiger partial charge in [0.1, 0.15) is 0 Å². The van der Waals surface area contributed by atoms with E-state index in [4.69, 9.17) is 5.73 Å². The highest BCUT2D eigenvalue weighted by Crippen LogP contribution is 2.26. The van der Waals surface area contributed by atoms with E-state index in [1.54, 1.807) is 0 Å². The summed E-state index contributed by atoms with van der Waals surface area (Å²) in [5.74, 6) is -3.19. The van der Waals surface area contributed by atoms with Crippen molar-refractivity contribution in [3.63, 3.8) is 0 Å². The minimum atomic E-state index is -1.21. The van der Waals surface area contributed by atoms with Gasteiger partial charge in [-0.3, -0.25) is 0 Å². The molecule has 4 nitrogen and oxygen atoms in total. The minimum Gasteiger partial charge on any atom is -0.465 e. The van der Waals surface area contributed by atoms with E-state index in [-0.39, 0.29) is 17.8 Å². The molecule has 0 spiro atoms. The van der Waals surface area contributed by atoms with Gasteiger partial charge in [-0.15, -0.1) is 0 Å². The molecular weight excluding hydrogens is 254 g/mol. The van der Waals surface area contributed by atoms with Crippen molar-refractivity contribution >= 4 is 11.7 Å². The largest absolute Gasteiger partial charge is 0.465 e. The first-order chi connectivity index (χ1) is 9.04. The van der Waals surface area contributed by atoms with E-state index < -0.39 is 23.2 Å². The standard InChI is InChI=1S/C13H16F2N2O2/c1-19-13(18)7-5-6-10(12(15)11(7)14)17-9-4-2-3-8(9)16/h5-6,8-9,17H,2-4,16H2,1H3. The molecule has 1 saturated carbocycles. The lowest BCUT2D eigenvalue weighted by Gasteiger charge is -2.19. The molecule has 2 unspecified atom stereocenters. The lowest BCUT2D eigenvalue weighted by atomic mass is 10.1. The Morgan fingerprint density at radius 1 is 1.37 bits per heavy atom. The van der Waals surface area contributed by atoms with Gasteiger partial charge in [0.15, 0.2) is 11.6 Å². The number of carbonyl (C=O) groups excluding carboxylic acids is 1.